The molecule has 1 aliphatic heterocycles. The number of guanidine groups is 1. The Morgan fingerprint density at radius 3 is 2.82 bits per heavy atom. The summed E-state index contributed by atoms with van der Waals surface area (Å²) in [4.78, 5) is 20.2. The van der Waals surface area contributed by atoms with E-state index < -0.39 is 11.5 Å². The standard InChI is InChI=1S/C26H21N5OS/c1-26(22-13-20(15-33-22)17-6-3-5-16(11-17)14-27)23(24(32)31(2)25(28)30-26)19-8-9-21-18(12-19)7-4-10-29-21/h3-13,15,23H,1-2H3,(H2,28,30)/t23-,26+/m0/s1. The van der Waals surface area contributed by atoms with Gasteiger partial charge in [0.1, 0.15) is 0 Å². The van der Waals surface area contributed by atoms with Crippen LogP contribution in [0.25, 0.3) is 22.0 Å². The molecule has 6 nitrogen and oxygen atoms in total. The molecule has 4 aromatic rings. The number of amides is 1. The summed E-state index contributed by atoms with van der Waals surface area (Å²) < 4.78 is 0. The van der Waals surface area contributed by atoms with Crippen LogP contribution in [0.5, 0.6) is 0 Å². The zero-order valence-corrected chi connectivity index (χ0v) is 19.0. The second-order valence-electron chi connectivity index (χ2n) is 8.35. The average molecular weight is 452 g/mol. The summed E-state index contributed by atoms with van der Waals surface area (Å²) in [7, 11) is 1.63. The second-order valence-corrected chi connectivity index (χ2v) is 9.27. The molecule has 0 bridgehead atoms. The third-order valence-corrected chi connectivity index (χ3v) is 7.43. The third kappa shape index (κ3) is 3.45. The molecule has 7 heteroatoms. The van der Waals surface area contributed by atoms with E-state index in [0.717, 1.165) is 32.5 Å². The number of hydrogen-bond acceptors (Lipinski definition) is 5. The van der Waals surface area contributed by atoms with E-state index >= 15 is 0 Å². The van der Waals surface area contributed by atoms with Crippen molar-refractivity contribution in [3.63, 3.8) is 0 Å². The monoisotopic (exact) mass is 451 g/mol. The van der Waals surface area contributed by atoms with Crippen LogP contribution < -0.4 is 5.32 Å². The molecular weight excluding hydrogens is 430 g/mol. The highest BCUT2D eigenvalue weighted by atomic mass is 32.1. The zero-order chi connectivity index (χ0) is 23.2. The highest BCUT2D eigenvalue weighted by Gasteiger charge is 2.49. The van der Waals surface area contributed by atoms with Crippen LogP contribution in [0.3, 0.4) is 0 Å². The van der Waals surface area contributed by atoms with Gasteiger partial charge in [0.05, 0.1) is 28.6 Å². The Hall–Kier alpha value is -4.02. The van der Waals surface area contributed by atoms with Crippen molar-refractivity contribution in [2.45, 2.75) is 18.4 Å². The molecule has 0 spiro atoms. The molecule has 1 saturated heterocycles. The summed E-state index contributed by atoms with van der Waals surface area (Å²) in [5.41, 5.74) is 3.46. The average Bonchev–Trinajstić information content (AvgIpc) is 3.34. The first kappa shape index (κ1) is 20.9. The van der Waals surface area contributed by atoms with Gasteiger partial charge in [-0.05, 0) is 65.4 Å². The minimum absolute atomic E-state index is 0.0719. The maximum atomic E-state index is 13.5. The minimum Gasteiger partial charge on any atom is -0.345 e. The number of carbonyl (C=O) groups excluding carboxylic acids is 1. The largest absolute Gasteiger partial charge is 0.345 e. The number of rotatable bonds is 3. The third-order valence-electron chi connectivity index (χ3n) is 6.27. The van der Waals surface area contributed by atoms with E-state index in [4.69, 9.17) is 5.41 Å². The van der Waals surface area contributed by atoms with Gasteiger partial charge in [-0.2, -0.15) is 5.26 Å². The number of nitrogens with zero attached hydrogens (tertiary/aromatic N) is 3. The van der Waals surface area contributed by atoms with Crippen LogP contribution in [0.15, 0.2) is 72.2 Å². The number of likely N-dealkylation sites (N-methyl/N-ethyl adjacent to an activating group) is 1. The van der Waals surface area contributed by atoms with Crippen molar-refractivity contribution in [3.8, 4) is 17.2 Å². The van der Waals surface area contributed by atoms with Crippen molar-refractivity contribution < 1.29 is 4.79 Å². The number of nitriles is 1. The van der Waals surface area contributed by atoms with Crippen molar-refractivity contribution in [2.24, 2.45) is 0 Å². The molecule has 2 aromatic heterocycles. The Morgan fingerprint density at radius 1 is 1.15 bits per heavy atom. The molecule has 1 aliphatic rings. The Bertz CT molecular complexity index is 1450. The highest BCUT2D eigenvalue weighted by molar-refractivity contribution is 7.10. The van der Waals surface area contributed by atoms with Gasteiger partial charge in [0.2, 0.25) is 5.91 Å². The van der Waals surface area contributed by atoms with E-state index in [0.29, 0.717) is 5.56 Å². The van der Waals surface area contributed by atoms with Gasteiger partial charge >= 0.3 is 0 Å². The topological polar surface area (TPSA) is 92.9 Å². The Balaban J connectivity index is 1.63. The summed E-state index contributed by atoms with van der Waals surface area (Å²) in [6.07, 6.45) is 1.75. The van der Waals surface area contributed by atoms with Crippen LogP contribution in [-0.2, 0) is 10.3 Å². The fraction of sp³-hybridized carbons (Fsp3) is 0.154. The van der Waals surface area contributed by atoms with E-state index in [1.807, 2.05) is 60.8 Å². The van der Waals surface area contributed by atoms with Gasteiger partial charge in [0.25, 0.3) is 0 Å². The molecular formula is C26H21N5OS. The maximum absolute atomic E-state index is 13.5. The molecule has 0 radical (unpaired) electrons. The first-order chi connectivity index (χ1) is 15.9. The van der Waals surface area contributed by atoms with Gasteiger partial charge in [0, 0.05) is 23.5 Å². The van der Waals surface area contributed by atoms with Gasteiger partial charge in [-0.15, -0.1) is 11.3 Å². The van der Waals surface area contributed by atoms with Crippen LogP contribution in [0.4, 0.5) is 0 Å². The van der Waals surface area contributed by atoms with Crippen LogP contribution >= 0.6 is 11.3 Å². The quantitative estimate of drug-likeness (QED) is 0.467. The molecule has 0 unspecified atom stereocenters. The molecule has 5 rings (SSSR count). The van der Waals surface area contributed by atoms with Gasteiger partial charge in [-0.25, -0.2) is 0 Å². The molecule has 162 valence electrons. The Labute approximate surface area is 195 Å². The highest BCUT2D eigenvalue weighted by Crippen LogP contribution is 2.44. The van der Waals surface area contributed by atoms with Crippen molar-refractivity contribution in [1.29, 1.82) is 10.7 Å². The lowest BCUT2D eigenvalue weighted by atomic mass is 9.76. The van der Waals surface area contributed by atoms with Crippen LogP contribution in [0, 0.1) is 16.7 Å². The van der Waals surface area contributed by atoms with Gasteiger partial charge < -0.3 is 5.32 Å². The van der Waals surface area contributed by atoms with E-state index in [-0.39, 0.29) is 11.9 Å². The molecule has 3 heterocycles. The summed E-state index contributed by atoms with van der Waals surface area (Å²) in [6.45, 7) is 1.98. The lowest BCUT2D eigenvalue weighted by Crippen LogP contribution is -2.62. The van der Waals surface area contributed by atoms with E-state index in [1.165, 1.54) is 4.90 Å². The number of nitrogens with one attached hydrogen (secondary N) is 2. The lowest BCUT2D eigenvalue weighted by molar-refractivity contribution is -0.131. The van der Waals surface area contributed by atoms with Crippen molar-refractivity contribution >= 4 is 34.1 Å². The van der Waals surface area contributed by atoms with Crippen molar-refractivity contribution in [2.75, 3.05) is 7.05 Å². The van der Waals surface area contributed by atoms with E-state index in [9.17, 15) is 10.1 Å². The smallest absolute Gasteiger partial charge is 0.239 e. The zero-order valence-electron chi connectivity index (χ0n) is 18.2. The first-order valence-corrected chi connectivity index (χ1v) is 11.4. The van der Waals surface area contributed by atoms with Crippen molar-refractivity contribution in [3.05, 3.63) is 88.2 Å². The number of pyridine rings is 1. The minimum atomic E-state index is -0.813. The molecule has 2 N–H and O–H groups in total. The van der Waals surface area contributed by atoms with Crippen LogP contribution in [0.1, 0.15) is 28.8 Å². The molecule has 1 amide bonds. The van der Waals surface area contributed by atoms with Gasteiger partial charge in [-0.3, -0.25) is 20.1 Å². The van der Waals surface area contributed by atoms with Gasteiger partial charge in [-0.1, -0.05) is 24.3 Å². The predicted molar refractivity (Wildman–Crippen MR) is 130 cm³/mol. The molecule has 0 saturated carbocycles. The van der Waals surface area contributed by atoms with Crippen LogP contribution in [0.2, 0.25) is 0 Å². The summed E-state index contributed by atoms with van der Waals surface area (Å²) >= 11 is 1.55. The van der Waals surface area contributed by atoms with E-state index in [2.05, 4.69) is 22.4 Å². The first-order valence-electron chi connectivity index (χ1n) is 10.5. The summed E-state index contributed by atoms with van der Waals surface area (Å²) in [6, 6.07) is 21.5. The number of aromatic nitrogens is 1. The fourth-order valence-electron chi connectivity index (χ4n) is 4.43. The number of carbonyl (C=O) groups is 1. The normalized spacial score (nSPS) is 20.5. The fourth-order valence-corrected chi connectivity index (χ4v) is 5.50. The van der Waals surface area contributed by atoms with Crippen LogP contribution in [-0.4, -0.2) is 28.8 Å². The Kier molecular flexibility index (Phi) is 4.95. The molecule has 2 atom stereocenters. The van der Waals surface area contributed by atoms with Crippen molar-refractivity contribution in [1.82, 2.24) is 15.2 Å². The SMILES string of the molecule is CN1C(=N)N[C@](C)(c2cc(-c3cccc(C#N)c3)cs2)[C@@H](c2ccc3ncccc3c2)C1=O. The molecule has 0 aliphatic carbocycles. The number of benzene rings is 2. The number of thiophene rings is 1. The lowest BCUT2D eigenvalue weighted by Gasteiger charge is -2.45. The van der Waals surface area contributed by atoms with Gasteiger partial charge in [0.15, 0.2) is 5.96 Å². The summed E-state index contributed by atoms with van der Waals surface area (Å²) in [5.74, 6) is -0.591. The molecule has 2 aromatic carbocycles. The maximum Gasteiger partial charge on any atom is 0.239 e. The molecule has 1 fully saturated rings. The molecule has 33 heavy (non-hydrogen) atoms. The number of hydrogen-bond donors (Lipinski definition) is 2. The number of fused-ring (bicyclic) bond motifs is 1. The predicted octanol–water partition coefficient (Wildman–Crippen LogP) is 4.83. The van der Waals surface area contributed by atoms with E-state index in [1.54, 1.807) is 30.6 Å². The Morgan fingerprint density at radius 2 is 2.00 bits per heavy atom. The summed E-state index contributed by atoms with van der Waals surface area (Å²) in [5, 5.41) is 23.9. The second kappa shape index (κ2) is 7.84.